The zero-order chi connectivity index (χ0) is 19.2. The summed E-state index contributed by atoms with van der Waals surface area (Å²) in [6.45, 7) is 8.95. The molecule has 1 aliphatic rings. The highest BCUT2D eigenvalue weighted by molar-refractivity contribution is 14.0. The van der Waals surface area contributed by atoms with E-state index in [1.807, 2.05) is 12.1 Å². The van der Waals surface area contributed by atoms with Gasteiger partial charge in [-0.2, -0.15) is 0 Å². The van der Waals surface area contributed by atoms with Crippen molar-refractivity contribution in [3.05, 3.63) is 29.8 Å². The highest BCUT2D eigenvalue weighted by atomic mass is 127. The molecule has 1 fully saturated rings. The summed E-state index contributed by atoms with van der Waals surface area (Å²) in [7, 11) is -3.15. The van der Waals surface area contributed by atoms with Gasteiger partial charge >= 0.3 is 0 Å². The molecule has 2 N–H and O–H groups in total. The Bertz CT molecular complexity index is 711. The van der Waals surface area contributed by atoms with Crippen LogP contribution in [0, 0.1) is 11.3 Å². The van der Waals surface area contributed by atoms with Crippen molar-refractivity contribution in [1.82, 2.24) is 10.6 Å². The van der Waals surface area contributed by atoms with Crippen LogP contribution in [0.15, 0.2) is 34.2 Å². The number of nitrogens with zero attached hydrogens (tertiary/aromatic N) is 1. The summed E-state index contributed by atoms with van der Waals surface area (Å²) in [5.41, 5.74) is 1.41. The van der Waals surface area contributed by atoms with Crippen LogP contribution in [-0.4, -0.2) is 33.7 Å². The first-order valence-electron chi connectivity index (χ1n) is 9.55. The molecule has 0 spiro atoms. The third-order valence-corrected chi connectivity index (χ3v) is 6.13. The lowest BCUT2D eigenvalue weighted by molar-refractivity contribution is 0.104. The van der Waals surface area contributed by atoms with Crippen LogP contribution in [0.3, 0.4) is 0 Å². The quantitative estimate of drug-likeness (QED) is 0.317. The molecule has 0 amide bonds. The van der Waals surface area contributed by atoms with E-state index in [9.17, 15) is 8.42 Å². The molecule has 1 aliphatic carbocycles. The number of aliphatic imine (C=N–C) groups is 1. The van der Waals surface area contributed by atoms with E-state index in [1.54, 1.807) is 12.1 Å². The Labute approximate surface area is 181 Å². The first kappa shape index (κ1) is 24.2. The van der Waals surface area contributed by atoms with E-state index < -0.39 is 9.84 Å². The van der Waals surface area contributed by atoms with Crippen molar-refractivity contribution in [2.24, 2.45) is 16.3 Å². The molecule has 0 atom stereocenters. The summed E-state index contributed by atoms with van der Waals surface area (Å²) in [5, 5.41) is 6.82. The molecule has 0 radical (unpaired) electrons. The maximum Gasteiger partial charge on any atom is 0.191 e. The maximum atomic E-state index is 11.5. The molecule has 0 bridgehead atoms. The molecular weight excluding hydrogens is 473 g/mol. The predicted octanol–water partition coefficient (Wildman–Crippen LogP) is 3.98. The topological polar surface area (TPSA) is 70.6 Å². The van der Waals surface area contributed by atoms with E-state index in [2.05, 4.69) is 36.4 Å². The van der Waals surface area contributed by atoms with E-state index in [0.717, 1.165) is 24.6 Å². The number of halogens is 1. The zero-order valence-corrected chi connectivity index (χ0v) is 20.1. The standard InChI is InChI=1S/C20H33N3O2S.HI/c1-5-21-19(23-15-20(11-6-12-20)13-16(2)3)22-14-17-7-9-18(10-8-17)26(4,24)25;/h7-10,16H,5-6,11-15H2,1-4H3,(H2,21,22,23);1H. The fraction of sp³-hybridized carbons (Fsp3) is 0.650. The van der Waals surface area contributed by atoms with Gasteiger partial charge < -0.3 is 10.6 Å². The molecule has 0 heterocycles. The molecule has 0 saturated heterocycles. The van der Waals surface area contributed by atoms with Crippen LogP contribution in [0.2, 0.25) is 0 Å². The van der Waals surface area contributed by atoms with E-state index in [0.29, 0.717) is 22.8 Å². The minimum atomic E-state index is -3.15. The van der Waals surface area contributed by atoms with Crippen LogP contribution in [0.5, 0.6) is 0 Å². The number of guanidine groups is 1. The SMILES string of the molecule is CCNC(=NCc1ccc(S(C)(=O)=O)cc1)NCC1(CC(C)C)CCC1.I. The number of nitrogens with one attached hydrogen (secondary N) is 2. The van der Waals surface area contributed by atoms with Gasteiger partial charge in [0.2, 0.25) is 0 Å². The van der Waals surface area contributed by atoms with Gasteiger partial charge in [0, 0.05) is 19.3 Å². The van der Waals surface area contributed by atoms with Crippen LogP contribution >= 0.6 is 24.0 Å². The van der Waals surface area contributed by atoms with Crippen molar-refractivity contribution in [1.29, 1.82) is 0 Å². The van der Waals surface area contributed by atoms with Gasteiger partial charge in [0.15, 0.2) is 15.8 Å². The molecule has 1 saturated carbocycles. The van der Waals surface area contributed by atoms with E-state index >= 15 is 0 Å². The lowest BCUT2D eigenvalue weighted by Gasteiger charge is -2.43. The van der Waals surface area contributed by atoms with Gasteiger partial charge in [0.05, 0.1) is 11.4 Å². The van der Waals surface area contributed by atoms with Gasteiger partial charge in [0.1, 0.15) is 0 Å². The summed E-state index contributed by atoms with van der Waals surface area (Å²) in [6, 6.07) is 6.95. The van der Waals surface area contributed by atoms with Gasteiger partial charge in [0.25, 0.3) is 0 Å². The van der Waals surface area contributed by atoms with Crippen molar-refractivity contribution in [3.8, 4) is 0 Å². The summed E-state index contributed by atoms with van der Waals surface area (Å²) in [5.74, 6) is 1.54. The molecule has 5 nitrogen and oxygen atoms in total. The second-order valence-corrected chi connectivity index (χ2v) is 9.93. The number of hydrogen-bond donors (Lipinski definition) is 2. The first-order chi connectivity index (χ1) is 12.2. The van der Waals surface area contributed by atoms with Crippen molar-refractivity contribution < 1.29 is 8.42 Å². The van der Waals surface area contributed by atoms with E-state index in [1.165, 1.54) is 31.9 Å². The molecule has 0 unspecified atom stereocenters. The highest BCUT2D eigenvalue weighted by Crippen LogP contribution is 2.45. The van der Waals surface area contributed by atoms with Gasteiger partial charge in [-0.15, -0.1) is 24.0 Å². The largest absolute Gasteiger partial charge is 0.357 e. The number of rotatable bonds is 8. The summed E-state index contributed by atoms with van der Waals surface area (Å²) in [4.78, 5) is 5.00. The van der Waals surface area contributed by atoms with Crippen LogP contribution in [0.4, 0.5) is 0 Å². The molecule has 1 aromatic carbocycles. The second kappa shape index (κ2) is 10.6. The minimum absolute atomic E-state index is 0. The smallest absolute Gasteiger partial charge is 0.191 e. The highest BCUT2D eigenvalue weighted by Gasteiger charge is 2.37. The molecule has 2 rings (SSSR count). The molecule has 0 aromatic heterocycles. The van der Waals surface area contributed by atoms with Gasteiger partial charge in [-0.05, 0) is 55.2 Å². The van der Waals surface area contributed by atoms with Crippen LogP contribution in [0.25, 0.3) is 0 Å². The monoisotopic (exact) mass is 507 g/mol. The van der Waals surface area contributed by atoms with Crippen molar-refractivity contribution in [2.75, 3.05) is 19.3 Å². The third kappa shape index (κ3) is 7.60. The van der Waals surface area contributed by atoms with E-state index in [-0.39, 0.29) is 24.0 Å². The zero-order valence-electron chi connectivity index (χ0n) is 16.9. The normalized spacial score (nSPS) is 16.4. The molecular formula is C20H34IN3O2S. The summed E-state index contributed by atoms with van der Waals surface area (Å²) < 4.78 is 23.1. The van der Waals surface area contributed by atoms with Crippen LogP contribution in [0.1, 0.15) is 52.0 Å². The lowest BCUT2D eigenvalue weighted by Crippen LogP contribution is -2.47. The maximum absolute atomic E-state index is 11.5. The Kier molecular flexibility index (Phi) is 9.54. The molecule has 7 heteroatoms. The third-order valence-electron chi connectivity index (χ3n) is 5.00. The Morgan fingerprint density at radius 2 is 1.81 bits per heavy atom. The number of sulfone groups is 1. The fourth-order valence-corrected chi connectivity index (χ4v) is 4.25. The fourth-order valence-electron chi connectivity index (χ4n) is 3.62. The molecule has 1 aromatic rings. The van der Waals surface area contributed by atoms with Crippen LogP contribution < -0.4 is 10.6 Å². The van der Waals surface area contributed by atoms with Crippen molar-refractivity contribution >= 4 is 39.8 Å². The van der Waals surface area contributed by atoms with Gasteiger partial charge in [-0.3, -0.25) is 0 Å². The Hall–Kier alpha value is -0.830. The average Bonchev–Trinajstić information content (AvgIpc) is 2.53. The second-order valence-electron chi connectivity index (χ2n) is 7.92. The Balaban J connectivity index is 0.00000364. The Morgan fingerprint density at radius 1 is 1.19 bits per heavy atom. The summed E-state index contributed by atoms with van der Waals surface area (Å²) >= 11 is 0. The van der Waals surface area contributed by atoms with Crippen molar-refractivity contribution in [3.63, 3.8) is 0 Å². The molecule has 154 valence electrons. The van der Waals surface area contributed by atoms with E-state index in [4.69, 9.17) is 0 Å². The Morgan fingerprint density at radius 3 is 2.26 bits per heavy atom. The van der Waals surface area contributed by atoms with Crippen LogP contribution in [-0.2, 0) is 16.4 Å². The van der Waals surface area contributed by atoms with Crippen molar-refractivity contribution in [2.45, 2.75) is 57.9 Å². The summed E-state index contributed by atoms with van der Waals surface area (Å²) in [6.07, 6.45) is 6.40. The predicted molar refractivity (Wildman–Crippen MR) is 124 cm³/mol. The van der Waals surface area contributed by atoms with Gasteiger partial charge in [-0.25, -0.2) is 13.4 Å². The lowest BCUT2D eigenvalue weighted by atomic mass is 9.64. The number of hydrogen-bond acceptors (Lipinski definition) is 3. The number of benzene rings is 1. The van der Waals surface area contributed by atoms with Gasteiger partial charge in [-0.1, -0.05) is 32.4 Å². The molecule has 27 heavy (non-hydrogen) atoms. The molecule has 0 aliphatic heterocycles. The average molecular weight is 507 g/mol. The minimum Gasteiger partial charge on any atom is -0.357 e. The first-order valence-corrected chi connectivity index (χ1v) is 11.4.